The number of carbonyl (C=O) groups is 2. The zero-order chi connectivity index (χ0) is 15.0. The summed E-state index contributed by atoms with van der Waals surface area (Å²) in [5.41, 5.74) is 0.150. The van der Waals surface area contributed by atoms with Crippen LogP contribution in [-0.4, -0.2) is 43.9 Å². The number of likely N-dealkylation sites (tertiary alicyclic amines) is 1. The van der Waals surface area contributed by atoms with E-state index in [-0.39, 0.29) is 28.7 Å². The molecule has 1 aromatic heterocycles. The topological polar surface area (TPSA) is 83.4 Å². The molecule has 1 aromatic rings. The van der Waals surface area contributed by atoms with Crippen LogP contribution in [0, 0.1) is 5.92 Å². The number of carboxylic acids is 1. The molecule has 1 saturated heterocycles. The van der Waals surface area contributed by atoms with Gasteiger partial charge < -0.3 is 10.0 Å². The molecule has 112 valence electrons. The van der Waals surface area contributed by atoms with Crippen LogP contribution >= 0.6 is 11.6 Å². The van der Waals surface area contributed by atoms with E-state index >= 15 is 0 Å². The molecule has 0 aromatic carbocycles. The summed E-state index contributed by atoms with van der Waals surface area (Å²) >= 11 is 5.67. The summed E-state index contributed by atoms with van der Waals surface area (Å²) in [4.78, 5) is 33.5. The van der Waals surface area contributed by atoms with Crippen LogP contribution in [0.3, 0.4) is 0 Å². The van der Waals surface area contributed by atoms with E-state index in [9.17, 15) is 14.7 Å². The van der Waals surface area contributed by atoms with Crippen LogP contribution in [0.25, 0.3) is 0 Å². The Labute approximate surface area is 127 Å². The average molecular weight is 310 g/mol. The largest absolute Gasteiger partial charge is 0.480 e. The van der Waals surface area contributed by atoms with Gasteiger partial charge in [-0.05, 0) is 25.2 Å². The molecule has 1 N–H and O–H groups in total. The number of fused-ring (bicyclic) bond motifs is 1. The first kappa shape index (κ1) is 14.3. The molecule has 1 aliphatic carbocycles. The van der Waals surface area contributed by atoms with Crippen LogP contribution in [0.1, 0.15) is 42.6 Å². The van der Waals surface area contributed by atoms with Gasteiger partial charge in [0.15, 0.2) is 0 Å². The fourth-order valence-corrected chi connectivity index (χ4v) is 3.63. The van der Waals surface area contributed by atoms with E-state index in [1.165, 1.54) is 17.3 Å². The lowest BCUT2D eigenvalue weighted by Crippen LogP contribution is -2.46. The first-order valence-electron chi connectivity index (χ1n) is 7.11. The van der Waals surface area contributed by atoms with Crippen molar-refractivity contribution in [1.29, 1.82) is 0 Å². The molecule has 2 heterocycles. The van der Waals surface area contributed by atoms with Crippen LogP contribution in [0.5, 0.6) is 0 Å². The normalized spacial score (nSPS) is 28.2. The zero-order valence-electron chi connectivity index (χ0n) is 11.4. The lowest BCUT2D eigenvalue weighted by Gasteiger charge is -2.32. The first-order chi connectivity index (χ1) is 10.1. The van der Waals surface area contributed by atoms with Crippen molar-refractivity contribution in [3.05, 3.63) is 23.2 Å². The minimum absolute atomic E-state index is 0.00447. The van der Waals surface area contributed by atoms with Gasteiger partial charge in [0.1, 0.15) is 16.9 Å². The second kappa shape index (κ2) is 5.60. The van der Waals surface area contributed by atoms with Gasteiger partial charge in [-0.3, -0.25) is 4.79 Å². The standard InChI is InChI=1S/C14H16ClN3O3/c15-12-7-16-9(6-17-12)13(19)18-10-4-2-1-3-8(10)5-11(18)14(20)21/h6-8,10-11H,1-5H2,(H,20,21). The van der Waals surface area contributed by atoms with E-state index in [4.69, 9.17) is 11.6 Å². The molecule has 1 aliphatic heterocycles. The van der Waals surface area contributed by atoms with Gasteiger partial charge in [0, 0.05) is 6.04 Å². The van der Waals surface area contributed by atoms with Gasteiger partial charge in [-0.25, -0.2) is 14.8 Å². The van der Waals surface area contributed by atoms with Gasteiger partial charge in [-0.2, -0.15) is 0 Å². The predicted octanol–water partition coefficient (Wildman–Crippen LogP) is 1.99. The number of rotatable bonds is 2. The van der Waals surface area contributed by atoms with Crippen LogP contribution in [0.4, 0.5) is 0 Å². The minimum atomic E-state index is -0.945. The SMILES string of the molecule is O=C(O)C1CC2CCCCC2N1C(=O)c1cnc(Cl)cn1. The summed E-state index contributed by atoms with van der Waals surface area (Å²) in [5.74, 6) is -1.02. The average Bonchev–Trinajstić information content (AvgIpc) is 2.87. The first-order valence-corrected chi connectivity index (χ1v) is 7.48. The number of halogens is 1. The van der Waals surface area contributed by atoms with Crippen molar-refractivity contribution in [2.24, 2.45) is 5.92 Å². The third-order valence-corrected chi connectivity index (χ3v) is 4.64. The Morgan fingerprint density at radius 1 is 1.24 bits per heavy atom. The maximum atomic E-state index is 12.6. The highest BCUT2D eigenvalue weighted by atomic mass is 35.5. The Morgan fingerprint density at radius 3 is 2.67 bits per heavy atom. The van der Waals surface area contributed by atoms with Crippen LogP contribution in [-0.2, 0) is 4.79 Å². The molecular weight excluding hydrogens is 294 g/mol. The monoisotopic (exact) mass is 309 g/mol. The van der Waals surface area contributed by atoms with E-state index in [1.54, 1.807) is 0 Å². The van der Waals surface area contributed by atoms with Crippen molar-refractivity contribution in [2.45, 2.75) is 44.2 Å². The van der Waals surface area contributed by atoms with E-state index in [1.807, 2.05) is 0 Å². The number of nitrogens with zero attached hydrogens (tertiary/aromatic N) is 3. The van der Waals surface area contributed by atoms with Gasteiger partial charge in [-0.1, -0.05) is 24.4 Å². The van der Waals surface area contributed by atoms with Gasteiger partial charge >= 0.3 is 5.97 Å². The molecule has 1 saturated carbocycles. The van der Waals surface area contributed by atoms with Crippen LogP contribution in [0.15, 0.2) is 12.4 Å². The van der Waals surface area contributed by atoms with Gasteiger partial charge in [0.2, 0.25) is 0 Å². The van der Waals surface area contributed by atoms with Crippen LogP contribution < -0.4 is 0 Å². The fraction of sp³-hybridized carbons (Fsp3) is 0.571. The summed E-state index contributed by atoms with van der Waals surface area (Å²) < 4.78 is 0. The van der Waals surface area contributed by atoms with E-state index < -0.39 is 12.0 Å². The molecular formula is C14H16ClN3O3. The van der Waals surface area contributed by atoms with Gasteiger partial charge in [0.25, 0.3) is 5.91 Å². The summed E-state index contributed by atoms with van der Waals surface area (Å²) in [6.45, 7) is 0. The summed E-state index contributed by atoms with van der Waals surface area (Å²) in [7, 11) is 0. The second-order valence-corrected chi connectivity index (χ2v) is 6.03. The highest BCUT2D eigenvalue weighted by Gasteiger charge is 2.47. The Hall–Kier alpha value is -1.69. The maximum Gasteiger partial charge on any atom is 0.326 e. The van der Waals surface area contributed by atoms with Crippen LogP contribution in [0.2, 0.25) is 5.15 Å². The number of hydrogen-bond acceptors (Lipinski definition) is 4. The number of aliphatic carboxylic acids is 1. The van der Waals surface area contributed by atoms with Gasteiger partial charge in [-0.15, -0.1) is 0 Å². The van der Waals surface area contributed by atoms with E-state index in [0.29, 0.717) is 6.42 Å². The molecule has 2 fully saturated rings. The van der Waals surface area contributed by atoms with Crippen molar-refractivity contribution in [2.75, 3.05) is 0 Å². The molecule has 21 heavy (non-hydrogen) atoms. The highest BCUT2D eigenvalue weighted by molar-refractivity contribution is 6.29. The molecule has 0 bridgehead atoms. The number of carboxylic acid groups (broad SMARTS) is 1. The maximum absolute atomic E-state index is 12.6. The van der Waals surface area contributed by atoms with Gasteiger partial charge in [0.05, 0.1) is 12.4 Å². The molecule has 0 radical (unpaired) electrons. The molecule has 2 aliphatic rings. The fourth-order valence-electron chi connectivity index (χ4n) is 3.53. The smallest absolute Gasteiger partial charge is 0.326 e. The lowest BCUT2D eigenvalue weighted by molar-refractivity contribution is -0.141. The molecule has 0 spiro atoms. The highest BCUT2D eigenvalue weighted by Crippen LogP contribution is 2.40. The Kier molecular flexibility index (Phi) is 3.80. The number of carbonyl (C=O) groups excluding carboxylic acids is 1. The van der Waals surface area contributed by atoms with Crippen molar-refractivity contribution in [3.8, 4) is 0 Å². The Morgan fingerprint density at radius 2 is 2.00 bits per heavy atom. The zero-order valence-corrected chi connectivity index (χ0v) is 12.2. The third kappa shape index (κ3) is 2.60. The Balaban J connectivity index is 1.90. The molecule has 3 atom stereocenters. The minimum Gasteiger partial charge on any atom is -0.480 e. The second-order valence-electron chi connectivity index (χ2n) is 5.64. The van der Waals surface area contributed by atoms with Crippen molar-refractivity contribution in [3.63, 3.8) is 0 Å². The molecule has 7 heteroatoms. The van der Waals surface area contributed by atoms with E-state index in [0.717, 1.165) is 25.7 Å². The number of hydrogen-bond donors (Lipinski definition) is 1. The summed E-state index contributed by atoms with van der Waals surface area (Å²) in [6.07, 6.45) is 7.14. The Bertz CT molecular complexity index is 563. The quantitative estimate of drug-likeness (QED) is 0.903. The summed E-state index contributed by atoms with van der Waals surface area (Å²) in [6, 6.07) is -0.757. The molecule has 6 nitrogen and oxygen atoms in total. The lowest BCUT2D eigenvalue weighted by atomic mass is 9.84. The molecule has 1 amide bonds. The summed E-state index contributed by atoms with van der Waals surface area (Å²) in [5, 5.41) is 9.63. The van der Waals surface area contributed by atoms with E-state index in [2.05, 4.69) is 9.97 Å². The number of amides is 1. The van der Waals surface area contributed by atoms with Crippen molar-refractivity contribution >= 4 is 23.5 Å². The third-order valence-electron chi connectivity index (χ3n) is 4.45. The molecule has 3 unspecified atom stereocenters. The number of aromatic nitrogens is 2. The molecule has 3 rings (SSSR count). The predicted molar refractivity (Wildman–Crippen MR) is 75.0 cm³/mol. The van der Waals surface area contributed by atoms with Crippen molar-refractivity contribution < 1.29 is 14.7 Å². The van der Waals surface area contributed by atoms with Crippen molar-refractivity contribution in [1.82, 2.24) is 14.9 Å².